The maximum Gasteiger partial charge on any atom is 0.321 e. The molecule has 3 rings (SSSR count). The summed E-state index contributed by atoms with van der Waals surface area (Å²) in [6.07, 6.45) is 0.713. The molecule has 0 bridgehead atoms. The van der Waals surface area contributed by atoms with Crippen molar-refractivity contribution in [3.8, 4) is 22.6 Å². The molecule has 0 aromatic heterocycles. The molecule has 150 valence electrons. The van der Waals surface area contributed by atoms with Crippen molar-refractivity contribution < 1.29 is 14.3 Å². The number of rotatable bonds is 7. The number of likely N-dealkylation sites (N-methyl/N-ethyl adjacent to an activating group) is 1. The number of benzene rings is 3. The quantitative estimate of drug-likeness (QED) is 0.612. The van der Waals surface area contributed by atoms with E-state index in [0.717, 1.165) is 22.4 Å². The van der Waals surface area contributed by atoms with Crippen molar-refractivity contribution in [3.63, 3.8) is 0 Å². The fraction of sp³-hybridized carbons (Fsp3) is 0.208. The summed E-state index contributed by atoms with van der Waals surface area (Å²) < 4.78 is 10.6. The summed E-state index contributed by atoms with van der Waals surface area (Å²) in [5.74, 6) is 1.38. The highest BCUT2D eigenvalue weighted by molar-refractivity contribution is 5.94. The third kappa shape index (κ3) is 5.08. The number of nitrogens with zero attached hydrogens (tertiary/aromatic N) is 1. The molecule has 0 unspecified atom stereocenters. The molecule has 0 fully saturated rings. The molecular weight excluding hydrogens is 364 g/mol. The van der Waals surface area contributed by atoms with Gasteiger partial charge in [-0.05, 0) is 35.7 Å². The van der Waals surface area contributed by atoms with Crippen molar-refractivity contribution in [2.75, 3.05) is 33.1 Å². The van der Waals surface area contributed by atoms with Crippen LogP contribution in [0.4, 0.5) is 10.5 Å². The second-order valence-corrected chi connectivity index (χ2v) is 6.70. The summed E-state index contributed by atoms with van der Waals surface area (Å²) in [5, 5.41) is 3.03. The Balaban J connectivity index is 1.65. The average Bonchev–Trinajstić information content (AvgIpc) is 2.78. The number of amides is 2. The summed E-state index contributed by atoms with van der Waals surface area (Å²) >= 11 is 0. The second-order valence-electron chi connectivity index (χ2n) is 6.70. The lowest BCUT2D eigenvalue weighted by Gasteiger charge is -2.20. The zero-order chi connectivity index (χ0) is 20.6. The SMILES string of the molecule is COc1ccc(CCN(C)C(=O)Nc2ccccc2-c2ccccc2)cc1OC. The highest BCUT2D eigenvalue weighted by atomic mass is 16.5. The van der Waals surface area contributed by atoms with E-state index in [0.29, 0.717) is 24.5 Å². The number of urea groups is 1. The Kier molecular flexibility index (Phi) is 6.74. The summed E-state index contributed by atoms with van der Waals surface area (Å²) in [4.78, 5) is 14.4. The van der Waals surface area contributed by atoms with Crippen LogP contribution in [-0.4, -0.2) is 38.7 Å². The molecule has 2 amide bonds. The van der Waals surface area contributed by atoms with Crippen LogP contribution in [0.1, 0.15) is 5.56 Å². The van der Waals surface area contributed by atoms with Crippen LogP contribution < -0.4 is 14.8 Å². The molecule has 0 heterocycles. The molecule has 0 radical (unpaired) electrons. The molecule has 0 aliphatic carbocycles. The summed E-state index contributed by atoms with van der Waals surface area (Å²) in [6, 6.07) is 23.5. The summed E-state index contributed by atoms with van der Waals surface area (Å²) in [5.41, 5.74) is 3.93. The first-order valence-electron chi connectivity index (χ1n) is 9.50. The third-order valence-electron chi connectivity index (χ3n) is 4.78. The van der Waals surface area contributed by atoms with Crippen LogP contribution >= 0.6 is 0 Å². The maximum absolute atomic E-state index is 12.7. The van der Waals surface area contributed by atoms with Gasteiger partial charge in [0.1, 0.15) is 0 Å². The van der Waals surface area contributed by atoms with Crippen molar-refractivity contribution in [2.45, 2.75) is 6.42 Å². The van der Waals surface area contributed by atoms with Crippen LogP contribution in [0.3, 0.4) is 0 Å². The zero-order valence-electron chi connectivity index (χ0n) is 17.0. The van der Waals surface area contributed by atoms with E-state index in [9.17, 15) is 4.79 Å². The molecule has 3 aromatic carbocycles. The lowest BCUT2D eigenvalue weighted by atomic mass is 10.0. The minimum atomic E-state index is -0.145. The van der Waals surface area contributed by atoms with Gasteiger partial charge in [-0.1, -0.05) is 54.6 Å². The Hall–Kier alpha value is -3.47. The number of carbonyl (C=O) groups is 1. The van der Waals surface area contributed by atoms with Crippen molar-refractivity contribution in [3.05, 3.63) is 78.4 Å². The Bertz CT molecular complexity index is 957. The van der Waals surface area contributed by atoms with Crippen molar-refractivity contribution >= 4 is 11.7 Å². The highest BCUT2D eigenvalue weighted by Crippen LogP contribution is 2.29. The van der Waals surface area contributed by atoms with Gasteiger partial charge in [0.25, 0.3) is 0 Å². The number of para-hydroxylation sites is 1. The summed E-state index contributed by atoms with van der Waals surface area (Å²) in [7, 11) is 5.02. The van der Waals surface area contributed by atoms with Crippen molar-refractivity contribution in [1.29, 1.82) is 0 Å². The topological polar surface area (TPSA) is 50.8 Å². The first-order valence-corrected chi connectivity index (χ1v) is 9.50. The minimum Gasteiger partial charge on any atom is -0.493 e. The highest BCUT2D eigenvalue weighted by Gasteiger charge is 2.13. The number of hydrogen-bond donors (Lipinski definition) is 1. The van der Waals surface area contributed by atoms with E-state index < -0.39 is 0 Å². The largest absolute Gasteiger partial charge is 0.493 e. The second kappa shape index (κ2) is 9.64. The van der Waals surface area contributed by atoms with Gasteiger partial charge in [0.05, 0.1) is 19.9 Å². The molecule has 1 N–H and O–H groups in total. The van der Waals surface area contributed by atoms with Gasteiger partial charge < -0.3 is 19.7 Å². The fourth-order valence-electron chi connectivity index (χ4n) is 3.11. The van der Waals surface area contributed by atoms with E-state index in [1.807, 2.05) is 72.8 Å². The molecule has 0 atom stereocenters. The van der Waals surface area contributed by atoms with Crippen LogP contribution in [0, 0.1) is 0 Å². The van der Waals surface area contributed by atoms with Gasteiger partial charge in [-0.3, -0.25) is 0 Å². The molecule has 0 spiro atoms. The van der Waals surface area contributed by atoms with Gasteiger partial charge in [-0.2, -0.15) is 0 Å². The number of methoxy groups -OCH3 is 2. The standard InChI is InChI=1S/C24H26N2O3/c1-26(16-15-18-13-14-22(28-2)23(17-18)29-3)24(27)25-21-12-8-7-11-20(21)19-9-5-4-6-10-19/h4-14,17H,15-16H2,1-3H3,(H,25,27). The molecular formula is C24H26N2O3. The number of ether oxygens (including phenoxy) is 2. The van der Waals surface area contributed by atoms with Crippen LogP contribution in [0.5, 0.6) is 11.5 Å². The average molecular weight is 390 g/mol. The number of carbonyl (C=O) groups excluding carboxylic acids is 1. The number of nitrogens with one attached hydrogen (secondary N) is 1. The molecule has 29 heavy (non-hydrogen) atoms. The minimum absolute atomic E-state index is 0.145. The fourth-order valence-corrected chi connectivity index (χ4v) is 3.11. The van der Waals surface area contributed by atoms with E-state index in [-0.39, 0.29) is 6.03 Å². The molecule has 0 aliphatic heterocycles. The van der Waals surface area contributed by atoms with E-state index in [1.165, 1.54) is 0 Å². The van der Waals surface area contributed by atoms with Gasteiger partial charge in [0.15, 0.2) is 11.5 Å². The van der Waals surface area contributed by atoms with E-state index in [4.69, 9.17) is 9.47 Å². The number of hydrogen-bond acceptors (Lipinski definition) is 3. The maximum atomic E-state index is 12.7. The van der Waals surface area contributed by atoms with Gasteiger partial charge in [-0.15, -0.1) is 0 Å². The van der Waals surface area contributed by atoms with Crippen LogP contribution in [0.25, 0.3) is 11.1 Å². The molecule has 3 aromatic rings. The van der Waals surface area contributed by atoms with Gasteiger partial charge >= 0.3 is 6.03 Å². The van der Waals surface area contributed by atoms with Crippen LogP contribution in [0.2, 0.25) is 0 Å². The van der Waals surface area contributed by atoms with Crippen LogP contribution in [-0.2, 0) is 6.42 Å². The van der Waals surface area contributed by atoms with Gasteiger partial charge in [-0.25, -0.2) is 4.79 Å². The Morgan fingerprint density at radius 3 is 2.31 bits per heavy atom. The molecule has 0 saturated heterocycles. The van der Waals surface area contributed by atoms with E-state index in [1.54, 1.807) is 26.2 Å². The Labute approximate surface area is 171 Å². The first-order chi connectivity index (χ1) is 14.1. The zero-order valence-corrected chi connectivity index (χ0v) is 17.0. The third-order valence-corrected chi connectivity index (χ3v) is 4.78. The smallest absolute Gasteiger partial charge is 0.321 e. The first kappa shape index (κ1) is 20.3. The Morgan fingerprint density at radius 2 is 1.59 bits per heavy atom. The normalized spacial score (nSPS) is 10.3. The molecule has 0 aliphatic rings. The molecule has 0 saturated carbocycles. The number of anilines is 1. The van der Waals surface area contributed by atoms with Crippen molar-refractivity contribution in [1.82, 2.24) is 4.90 Å². The predicted octanol–water partition coefficient (Wildman–Crippen LogP) is 5.08. The van der Waals surface area contributed by atoms with Gasteiger partial charge in [0.2, 0.25) is 0 Å². The lowest BCUT2D eigenvalue weighted by molar-refractivity contribution is 0.223. The van der Waals surface area contributed by atoms with E-state index >= 15 is 0 Å². The predicted molar refractivity (Wildman–Crippen MR) is 117 cm³/mol. The summed E-state index contributed by atoms with van der Waals surface area (Å²) in [6.45, 7) is 0.578. The Morgan fingerprint density at radius 1 is 0.897 bits per heavy atom. The lowest BCUT2D eigenvalue weighted by Crippen LogP contribution is -2.33. The van der Waals surface area contributed by atoms with Crippen molar-refractivity contribution in [2.24, 2.45) is 0 Å². The molecule has 5 nitrogen and oxygen atoms in total. The van der Waals surface area contributed by atoms with E-state index in [2.05, 4.69) is 5.32 Å². The van der Waals surface area contributed by atoms with Gasteiger partial charge in [0, 0.05) is 19.2 Å². The molecule has 5 heteroatoms. The van der Waals surface area contributed by atoms with Crippen LogP contribution in [0.15, 0.2) is 72.8 Å². The monoisotopic (exact) mass is 390 g/mol.